The molecule has 0 bridgehead atoms. The molecular formula is C26H28F2N4O7. The van der Waals surface area contributed by atoms with Crippen molar-refractivity contribution in [2.45, 2.75) is 56.8 Å². The van der Waals surface area contributed by atoms with E-state index in [4.69, 9.17) is 20.3 Å². The average molecular weight is 547 g/mol. The first-order chi connectivity index (χ1) is 18.3. The Hall–Kier alpha value is -4.18. The van der Waals surface area contributed by atoms with Gasteiger partial charge >= 0.3 is 12.0 Å². The van der Waals surface area contributed by atoms with Crippen LogP contribution in [0, 0.1) is 11.8 Å². The highest BCUT2D eigenvalue weighted by Crippen LogP contribution is 2.34. The van der Waals surface area contributed by atoms with Gasteiger partial charge in [0.15, 0.2) is 0 Å². The first-order valence-electron chi connectivity index (χ1n) is 12.3. The molecule has 3 amide bonds. The van der Waals surface area contributed by atoms with E-state index in [0.29, 0.717) is 16.3 Å². The van der Waals surface area contributed by atoms with Gasteiger partial charge in [-0.1, -0.05) is 11.8 Å². The van der Waals surface area contributed by atoms with Gasteiger partial charge in [0.25, 0.3) is 11.8 Å². The number of pyridine rings is 1. The maximum Gasteiger partial charge on any atom is 0.407 e. The summed E-state index contributed by atoms with van der Waals surface area (Å²) in [4.78, 5) is 40.3. The van der Waals surface area contributed by atoms with E-state index in [1.54, 1.807) is 13.8 Å². The van der Waals surface area contributed by atoms with Crippen LogP contribution >= 0.6 is 0 Å². The number of carbonyl (C=O) groups excluding carboxylic acids is 2. The number of amides is 3. The number of hydrogen-bond acceptors (Lipinski definition) is 7. The summed E-state index contributed by atoms with van der Waals surface area (Å²) in [5, 5.41) is 22.9. The van der Waals surface area contributed by atoms with Crippen LogP contribution in [0.2, 0.25) is 0 Å². The van der Waals surface area contributed by atoms with Crippen LogP contribution in [0.3, 0.4) is 0 Å². The minimum Gasteiger partial charge on any atom is -0.490 e. The number of rotatable bonds is 6. The molecule has 11 nitrogen and oxygen atoms in total. The number of nitrogens with zero attached hydrogens (tertiary/aromatic N) is 2. The lowest BCUT2D eigenvalue weighted by Crippen LogP contribution is -2.45. The molecule has 3 heterocycles. The Labute approximate surface area is 222 Å². The standard InChI is InChI=1S/C26H28F2N4O7/c1-14(2)39-20-10-18-17(9-19(20)21(29)33)15(3-4-25(37)5-7-32(8-6-25)24(35)36)12-30-22(18)38-13-16-11-26(27,28)23(34)31-16/h9-10,12,14,16,37H,5-8,11,13H2,1-2H3,(H2,29,33)(H,31,34)(H,35,36). The zero-order valence-electron chi connectivity index (χ0n) is 21.3. The van der Waals surface area contributed by atoms with E-state index in [1.807, 2.05) is 0 Å². The lowest BCUT2D eigenvalue weighted by Gasteiger charge is -2.33. The maximum absolute atomic E-state index is 13.6. The Morgan fingerprint density at radius 1 is 1.28 bits per heavy atom. The first kappa shape index (κ1) is 27.8. The number of piperidine rings is 1. The summed E-state index contributed by atoms with van der Waals surface area (Å²) in [6.07, 6.45) is -0.558. The van der Waals surface area contributed by atoms with Crippen molar-refractivity contribution in [3.8, 4) is 23.5 Å². The Morgan fingerprint density at radius 2 is 1.97 bits per heavy atom. The van der Waals surface area contributed by atoms with Crippen LogP contribution in [-0.4, -0.2) is 81.4 Å². The average Bonchev–Trinajstić information content (AvgIpc) is 3.12. The molecule has 208 valence electrons. The van der Waals surface area contributed by atoms with Gasteiger partial charge in [-0.15, -0.1) is 0 Å². The second-order valence-corrected chi connectivity index (χ2v) is 9.84. The van der Waals surface area contributed by atoms with Crippen molar-refractivity contribution in [3.05, 3.63) is 29.5 Å². The van der Waals surface area contributed by atoms with Crippen LogP contribution in [0.5, 0.6) is 11.6 Å². The first-order valence-corrected chi connectivity index (χ1v) is 12.3. The maximum atomic E-state index is 13.6. The van der Waals surface area contributed by atoms with E-state index in [-0.39, 0.29) is 55.8 Å². The smallest absolute Gasteiger partial charge is 0.407 e. The van der Waals surface area contributed by atoms with Crippen LogP contribution in [-0.2, 0) is 4.79 Å². The molecule has 1 aromatic heterocycles. The number of aliphatic hydroxyl groups is 1. The summed E-state index contributed by atoms with van der Waals surface area (Å²) in [7, 11) is 0. The van der Waals surface area contributed by atoms with Gasteiger partial charge in [0.05, 0.1) is 23.3 Å². The quantitative estimate of drug-likeness (QED) is 0.399. The molecule has 13 heteroatoms. The van der Waals surface area contributed by atoms with Gasteiger partial charge in [0.1, 0.15) is 18.0 Å². The number of likely N-dealkylation sites (tertiary alicyclic amines) is 1. The van der Waals surface area contributed by atoms with Gasteiger partial charge in [0, 0.05) is 49.3 Å². The fourth-order valence-corrected chi connectivity index (χ4v) is 4.40. The number of ether oxygens (including phenoxy) is 2. The number of carbonyl (C=O) groups is 3. The van der Waals surface area contributed by atoms with Crippen LogP contribution in [0.15, 0.2) is 18.3 Å². The van der Waals surface area contributed by atoms with E-state index >= 15 is 0 Å². The Balaban J connectivity index is 1.72. The number of nitrogens with two attached hydrogens (primary N) is 1. The normalized spacial score (nSPS) is 19.8. The number of primary amides is 1. The fourth-order valence-electron chi connectivity index (χ4n) is 4.40. The molecule has 0 saturated carbocycles. The SMILES string of the molecule is CC(C)Oc1cc2c(OCC3CC(F)(F)C(=O)N3)ncc(C#CC3(O)CCN(C(=O)O)CC3)c2cc1C(N)=O. The van der Waals surface area contributed by atoms with Crippen LogP contribution in [0.1, 0.15) is 49.0 Å². The highest BCUT2D eigenvalue weighted by Gasteiger charge is 2.48. The van der Waals surface area contributed by atoms with Crippen molar-refractivity contribution in [1.29, 1.82) is 0 Å². The molecule has 39 heavy (non-hydrogen) atoms. The van der Waals surface area contributed by atoms with E-state index in [2.05, 4.69) is 22.1 Å². The summed E-state index contributed by atoms with van der Waals surface area (Å²) in [6, 6.07) is 2.01. The molecule has 5 N–H and O–H groups in total. The summed E-state index contributed by atoms with van der Waals surface area (Å²) in [6.45, 7) is 3.46. The third kappa shape index (κ3) is 6.12. The number of fused-ring (bicyclic) bond motifs is 1. The van der Waals surface area contributed by atoms with E-state index in [1.165, 1.54) is 23.2 Å². The number of benzene rings is 1. The minimum absolute atomic E-state index is 0.0260. The van der Waals surface area contributed by atoms with Gasteiger partial charge in [-0.25, -0.2) is 9.78 Å². The molecule has 2 aromatic rings. The van der Waals surface area contributed by atoms with Gasteiger partial charge in [-0.05, 0) is 26.0 Å². The van der Waals surface area contributed by atoms with Crippen LogP contribution < -0.4 is 20.5 Å². The molecule has 0 aliphatic carbocycles. The van der Waals surface area contributed by atoms with Crippen molar-refractivity contribution >= 4 is 28.7 Å². The molecule has 2 aliphatic heterocycles. The molecule has 4 rings (SSSR count). The van der Waals surface area contributed by atoms with Crippen molar-refractivity contribution in [1.82, 2.24) is 15.2 Å². The molecule has 1 atom stereocenters. The lowest BCUT2D eigenvalue weighted by molar-refractivity contribution is -0.139. The van der Waals surface area contributed by atoms with Gasteiger partial charge in [-0.2, -0.15) is 8.78 Å². The van der Waals surface area contributed by atoms with Gasteiger partial charge < -0.3 is 35.6 Å². The highest BCUT2D eigenvalue weighted by atomic mass is 19.3. The number of aromatic nitrogens is 1. The van der Waals surface area contributed by atoms with Crippen LogP contribution in [0.25, 0.3) is 10.8 Å². The van der Waals surface area contributed by atoms with E-state index in [9.17, 15) is 28.3 Å². The predicted molar refractivity (Wildman–Crippen MR) is 134 cm³/mol. The third-order valence-corrected chi connectivity index (χ3v) is 6.46. The molecule has 2 fully saturated rings. The predicted octanol–water partition coefficient (Wildman–Crippen LogP) is 1.88. The van der Waals surface area contributed by atoms with Crippen LogP contribution in [0.4, 0.5) is 13.6 Å². The van der Waals surface area contributed by atoms with Crippen molar-refractivity contribution in [2.75, 3.05) is 19.7 Å². The number of alkyl halides is 2. The summed E-state index contributed by atoms with van der Waals surface area (Å²) in [5.74, 6) is 0.235. The summed E-state index contributed by atoms with van der Waals surface area (Å²) in [5.41, 5.74) is 4.53. The second-order valence-electron chi connectivity index (χ2n) is 9.84. The van der Waals surface area contributed by atoms with Gasteiger partial charge in [-0.3, -0.25) is 9.59 Å². The number of halogens is 2. The summed E-state index contributed by atoms with van der Waals surface area (Å²) >= 11 is 0. The van der Waals surface area contributed by atoms with Crippen molar-refractivity contribution in [2.24, 2.45) is 5.73 Å². The number of carboxylic acid groups (broad SMARTS) is 1. The summed E-state index contributed by atoms with van der Waals surface area (Å²) < 4.78 is 38.7. The minimum atomic E-state index is -3.49. The zero-order valence-corrected chi connectivity index (χ0v) is 21.3. The number of hydrogen-bond donors (Lipinski definition) is 4. The monoisotopic (exact) mass is 546 g/mol. The second kappa shape index (κ2) is 10.5. The topological polar surface area (TPSA) is 164 Å². The molecule has 1 unspecified atom stereocenters. The lowest BCUT2D eigenvalue weighted by atomic mass is 9.91. The van der Waals surface area contributed by atoms with Crippen molar-refractivity contribution < 1.29 is 42.9 Å². The van der Waals surface area contributed by atoms with E-state index < -0.39 is 41.9 Å². The molecule has 1 aromatic carbocycles. The molecule has 2 aliphatic rings. The Morgan fingerprint density at radius 3 is 2.54 bits per heavy atom. The fraction of sp³-hybridized carbons (Fsp3) is 0.462. The largest absolute Gasteiger partial charge is 0.490 e. The molecule has 0 radical (unpaired) electrons. The van der Waals surface area contributed by atoms with E-state index in [0.717, 1.165) is 0 Å². The number of nitrogens with one attached hydrogen (secondary N) is 1. The Kier molecular flexibility index (Phi) is 7.52. The highest BCUT2D eigenvalue weighted by molar-refractivity contribution is 6.03. The molecule has 0 spiro atoms. The third-order valence-electron chi connectivity index (χ3n) is 6.46. The Bertz CT molecular complexity index is 1380. The van der Waals surface area contributed by atoms with Crippen molar-refractivity contribution in [3.63, 3.8) is 0 Å². The zero-order chi connectivity index (χ0) is 28.5. The molecule has 2 saturated heterocycles. The molecular weight excluding hydrogens is 518 g/mol. The van der Waals surface area contributed by atoms with Gasteiger partial charge in [0.2, 0.25) is 5.88 Å².